The molecule has 0 saturated carbocycles. The Labute approximate surface area is 107 Å². The van der Waals surface area contributed by atoms with Crippen LogP contribution in [-0.2, 0) is 6.42 Å². The molecule has 0 radical (unpaired) electrons. The Morgan fingerprint density at radius 3 is 2.35 bits per heavy atom. The normalized spacial score (nSPS) is 13.8. The molecule has 1 unspecified atom stereocenters. The first-order chi connectivity index (χ1) is 7.78. The Bertz CT molecular complexity index is 360. The summed E-state index contributed by atoms with van der Waals surface area (Å²) in [5, 5.41) is 3.57. The second-order valence-corrected chi connectivity index (χ2v) is 6.37. The van der Waals surface area contributed by atoms with Crippen molar-refractivity contribution in [2.24, 2.45) is 5.92 Å². The van der Waals surface area contributed by atoms with E-state index in [-0.39, 0.29) is 5.54 Å². The van der Waals surface area contributed by atoms with Crippen molar-refractivity contribution in [3.05, 3.63) is 34.9 Å². The third kappa shape index (κ3) is 5.36. The van der Waals surface area contributed by atoms with Crippen LogP contribution in [0, 0.1) is 19.8 Å². The van der Waals surface area contributed by atoms with Gasteiger partial charge < -0.3 is 5.32 Å². The first-order valence-electron chi connectivity index (χ1n) is 6.59. The summed E-state index contributed by atoms with van der Waals surface area (Å²) < 4.78 is 0. The molecule has 1 N–H and O–H groups in total. The van der Waals surface area contributed by atoms with E-state index in [1.807, 2.05) is 0 Å². The van der Waals surface area contributed by atoms with E-state index in [0.29, 0.717) is 5.92 Å². The van der Waals surface area contributed by atoms with E-state index < -0.39 is 0 Å². The van der Waals surface area contributed by atoms with Crippen LogP contribution in [-0.4, -0.2) is 12.1 Å². The molecule has 1 aromatic rings. The summed E-state index contributed by atoms with van der Waals surface area (Å²) in [4.78, 5) is 0. The van der Waals surface area contributed by atoms with Gasteiger partial charge in [0.15, 0.2) is 0 Å². The summed E-state index contributed by atoms with van der Waals surface area (Å²) in [7, 11) is 0. The first kappa shape index (κ1) is 14.2. The molecule has 1 atom stereocenters. The molecule has 96 valence electrons. The van der Waals surface area contributed by atoms with Crippen molar-refractivity contribution < 1.29 is 0 Å². The van der Waals surface area contributed by atoms with Gasteiger partial charge in [0.2, 0.25) is 0 Å². The molecule has 0 amide bonds. The van der Waals surface area contributed by atoms with E-state index in [9.17, 15) is 0 Å². The molecule has 0 aliphatic rings. The summed E-state index contributed by atoms with van der Waals surface area (Å²) in [6.07, 6.45) is 1.16. The van der Waals surface area contributed by atoms with E-state index in [1.54, 1.807) is 0 Å². The van der Waals surface area contributed by atoms with E-state index in [2.05, 4.69) is 65.1 Å². The lowest BCUT2D eigenvalue weighted by Gasteiger charge is -2.23. The van der Waals surface area contributed by atoms with Crippen molar-refractivity contribution in [2.45, 2.75) is 53.5 Å². The Kier molecular flexibility index (Phi) is 4.76. The molecule has 0 fully saturated rings. The Hall–Kier alpha value is -0.820. The lowest BCUT2D eigenvalue weighted by Crippen LogP contribution is -2.39. The van der Waals surface area contributed by atoms with Crippen molar-refractivity contribution in [3.63, 3.8) is 0 Å². The predicted octanol–water partition coefficient (Wildman–Crippen LogP) is 3.87. The molecule has 0 heterocycles. The zero-order chi connectivity index (χ0) is 13.1. The van der Waals surface area contributed by atoms with E-state index in [1.165, 1.54) is 16.7 Å². The molecular weight excluding hydrogens is 206 g/mol. The molecule has 1 rings (SSSR count). The molecule has 0 aromatic heterocycles. The molecular formula is C16H27N. The molecule has 0 spiro atoms. The standard InChI is InChI=1S/C16H27N/c1-12-7-8-15(14(3)9-12)10-13(2)11-17-16(4,5)6/h7-9,13,17H,10-11H2,1-6H3. The van der Waals surface area contributed by atoms with Gasteiger partial charge in [0.05, 0.1) is 0 Å². The van der Waals surface area contributed by atoms with Crippen LogP contribution in [0.1, 0.15) is 44.4 Å². The fourth-order valence-corrected chi connectivity index (χ4v) is 2.00. The molecule has 0 saturated heterocycles. The van der Waals surface area contributed by atoms with Crippen LogP contribution < -0.4 is 5.32 Å². The maximum absolute atomic E-state index is 3.57. The number of rotatable bonds is 4. The Morgan fingerprint density at radius 1 is 1.18 bits per heavy atom. The summed E-state index contributed by atoms with van der Waals surface area (Å²) >= 11 is 0. The van der Waals surface area contributed by atoms with Crippen LogP contribution in [0.2, 0.25) is 0 Å². The summed E-state index contributed by atoms with van der Waals surface area (Å²) in [6.45, 7) is 14.4. The van der Waals surface area contributed by atoms with Gasteiger partial charge in [-0.2, -0.15) is 0 Å². The maximum atomic E-state index is 3.57. The number of nitrogens with one attached hydrogen (secondary N) is 1. The molecule has 1 aromatic carbocycles. The second-order valence-electron chi connectivity index (χ2n) is 6.37. The summed E-state index contributed by atoms with van der Waals surface area (Å²) in [5.74, 6) is 0.677. The van der Waals surface area contributed by atoms with Crippen molar-refractivity contribution in [1.82, 2.24) is 5.32 Å². The minimum absolute atomic E-state index is 0.219. The average molecular weight is 233 g/mol. The van der Waals surface area contributed by atoms with Crippen LogP contribution in [0.3, 0.4) is 0 Å². The predicted molar refractivity (Wildman–Crippen MR) is 76.5 cm³/mol. The lowest BCUT2D eigenvalue weighted by molar-refractivity contribution is 0.381. The topological polar surface area (TPSA) is 12.0 Å². The van der Waals surface area contributed by atoms with Crippen LogP contribution >= 0.6 is 0 Å². The molecule has 1 heteroatoms. The molecule has 17 heavy (non-hydrogen) atoms. The van der Waals surface area contributed by atoms with E-state index in [0.717, 1.165) is 13.0 Å². The zero-order valence-electron chi connectivity index (χ0n) is 12.2. The number of hydrogen-bond acceptors (Lipinski definition) is 1. The van der Waals surface area contributed by atoms with E-state index >= 15 is 0 Å². The van der Waals surface area contributed by atoms with Gasteiger partial charge in [0.25, 0.3) is 0 Å². The smallest absolute Gasteiger partial charge is 0.00966 e. The SMILES string of the molecule is Cc1ccc(CC(C)CNC(C)(C)C)c(C)c1. The highest BCUT2D eigenvalue weighted by Gasteiger charge is 2.12. The highest BCUT2D eigenvalue weighted by molar-refractivity contribution is 5.30. The third-order valence-electron chi connectivity index (χ3n) is 3.05. The van der Waals surface area contributed by atoms with Gasteiger partial charge in [0, 0.05) is 5.54 Å². The third-order valence-corrected chi connectivity index (χ3v) is 3.05. The van der Waals surface area contributed by atoms with E-state index in [4.69, 9.17) is 0 Å². The van der Waals surface area contributed by atoms with Gasteiger partial charge >= 0.3 is 0 Å². The van der Waals surface area contributed by atoms with Crippen LogP contribution in [0.4, 0.5) is 0 Å². The quantitative estimate of drug-likeness (QED) is 0.832. The summed E-state index contributed by atoms with van der Waals surface area (Å²) in [6, 6.07) is 6.77. The fraction of sp³-hybridized carbons (Fsp3) is 0.625. The van der Waals surface area contributed by atoms with Crippen LogP contribution in [0.25, 0.3) is 0 Å². The van der Waals surface area contributed by atoms with Crippen molar-refractivity contribution in [1.29, 1.82) is 0 Å². The fourth-order valence-electron chi connectivity index (χ4n) is 2.00. The first-order valence-corrected chi connectivity index (χ1v) is 6.59. The zero-order valence-corrected chi connectivity index (χ0v) is 12.2. The van der Waals surface area contributed by atoms with Gasteiger partial charge in [-0.05, 0) is 64.6 Å². The molecule has 0 aliphatic carbocycles. The minimum Gasteiger partial charge on any atom is -0.312 e. The van der Waals surface area contributed by atoms with Gasteiger partial charge in [-0.1, -0.05) is 30.7 Å². The Balaban J connectivity index is 2.53. The average Bonchev–Trinajstić information content (AvgIpc) is 2.18. The highest BCUT2D eigenvalue weighted by atomic mass is 14.9. The van der Waals surface area contributed by atoms with Crippen LogP contribution in [0.15, 0.2) is 18.2 Å². The monoisotopic (exact) mass is 233 g/mol. The largest absolute Gasteiger partial charge is 0.312 e. The van der Waals surface area contributed by atoms with Gasteiger partial charge in [-0.15, -0.1) is 0 Å². The molecule has 0 aliphatic heterocycles. The van der Waals surface area contributed by atoms with Gasteiger partial charge in [0.1, 0.15) is 0 Å². The molecule has 1 nitrogen and oxygen atoms in total. The van der Waals surface area contributed by atoms with Crippen molar-refractivity contribution >= 4 is 0 Å². The Morgan fingerprint density at radius 2 is 1.82 bits per heavy atom. The highest BCUT2D eigenvalue weighted by Crippen LogP contribution is 2.15. The molecule has 0 bridgehead atoms. The van der Waals surface area contributed by atoms with Gasteiger partial charge in [-0.3, -0.25) is 0 Å². The minimum atomic E-state index is 0.219. The summed E-state index contributed by atoms with van der Waals surface area (Å²) in [5.41, 5.74) is 4.48. The lowest BCUT2D eigenvalue weighted by atomic mass is 9.95. The maximum Gasteiger partial charge on any atom is 0.00966 e. The number of benzene rings is 1. The van der Waals surface area contributed by atoms with Crippen LogP contribution in [0.5, 0.6) is 0 Å². The second kappa shape index (κ2) is 5.68. The van der Waals surface area contributed by atoms with Crippen molar-refractivity contribution in [2.75, 3.05) is 6.54 Å². The van der Waals surface area contributed by atoms with Gasteiger partial charge in [-0.25, -0.2) is 0 Å². The number of hydrogen-bond donors (Lipinski definition) is 1. The van der Waals surface area contributed by atoms with Crippen molar-refractivity contribution in [3.8, 4) is 0 Å². The number of aryl methyl sites for hydroxylation is 2.